The zero-order chi connectivity index (χ0) is 13.1. The maximum Gasteiger partial charge on any atom is 0.0521 e. The van der Waals surface area contributed by atoms with Crippen LogP contribution in [0.15, 0.2) is 12.4 Å². The molecule has 1 atom stereocenters. The van der Waals surface area contributed by atoms with Crippen molar-refractivity contribution in [3.63, 3.8) is 0 Å². The van der Waals surface area contributed by atoms with Crippen molar-refractivity contribution in [2.75, 3.05) is 6.54 Å². The summed E-state index contributed by atoms with van der Waals surface area (Å²) in [6.45, 7) is 12.3. The largest absolute Gasteiger partial charge is 0.312 e. The molecule has 0 bridgehead atoms. The molecule has 1 aromatic rings. The zero-order valence-electron chi connectivity index (χ0n) is 12.1. The third-order valence-corrected chi connectivity index (χ3v) is 3.09. The third-order valence-electron chi connectivity index (χ3n) is 3.09. The van der Waals surface area contributed by atoms with Crippen LogP contribution in [0.1, 0.15) is 40.2 Å². The summed E-state index contributed by atoms with van der Waals surface area (Å²) in [7, 11) is 1.97. The van der Waals surface area contributed by atoms with E-state index in [1.165, 1.54) is 5.56 Å². The van der Waals surface area contributed by atoms with Crippen LogP contribution in [0.5, 0.6) is 0 Å². The van der Waals surface area contributed by atoms with E-state index >= 15 is 0 Å². The third kappa shape index (κ3) is 5.35. The molecular weight excluding hydrogens is 210 g/mol. The van der Waals surface area contributed by atoms with E-state index in [0.717, 1.165) is 13.0 Å². The van der Waals surface area contributed by atoms with Gasteiger partial charge in [0, 0.05) is 18.8 Å². The average molecular weight is 237 g/mol. The van der Waals surface area contributed by atoms with Gasteiger partial charge in [-0.2, -0.15) is 5.10 Å². The maximum atomic E-state index is 4.23. The second kappa shape index (κ2) is 5.67. The van der Waals surface area contributed by atoms with Crippen LogP contribution in [0.2, 0.25) is 0 Å². The lowest BCUT2D eigenvalue weighted by Crippen LogP contribution is -2.40. The van der Waals surface area contributed by atoms with Crippen molar-refractivity contribution >= 4 is 0 Å². The molecule has 0 fully saturated rings. The quantitative estimate of drug-likeness (QED) is 0.853. The number of rotatable bonds is 5. The van der Waals surface area contributed by atoms with Gasteiger partial charge in [-0.25, -0.2) is 0 Å². The Labute approximate surface area is 106 Å². The van der Waals surface area contributed by atoms with Gasteiger partial charge in [-0.15, -0.1) is 0 Å². The van der Waals surface area contributed by atoms with Crippen LogP contribution in [-0.4, -0.2) is 21.9 Å². The summed E-state index contributed by atoms with van der Waals surface area (Å²) in [6, 6.07) is 0. The summed E-state index contributed by atoms with van der Waals surface area (Å²) in [5.74, 6) is 1.35. The summed E-state index contributed by atoms with van der Waals surface area (Å²) in [6.07, 6.45) is 5.20. The van der Waals surface area contributed by atoms with Crippen LogP contribution >= 0.6 is 0 Å². The van der Waals surface area contributed by atoms with Crippen molar-refractivity contribution in [3.8, 4) is 0 Å². The highest BCUT2D eigenvalue weighted by Gasteiger charge is 2.18. The fourth-order valence-electron chi connectivity index (χ4n) is 1.86. The highest BCUT2D eigenvalue weighted by Crippen LogP contribution is 2.17. The first-order valence-corrected chi connectivity index (χ1v) is 6.50. The normalized spacial score (nSPS) is 14.3. The molecule has 1 N–H and O–H groups in total. The first-order chi connectivity index (χ1) is 7.78. The fourth-order valence-corrected chi connectivity index (χ4v) is 1.86. The van der Waals surface area contributed by atoms with E-state index in [2.05, 4.69) is 51.2 Å². The smallest absolute Gasteiger partial charge is 0.0521 e. The van der Waals surface area contributed by atoms with Crippen LogP contribution in [-0.2, 0) is 13.5 Å². The van der Waals surface area contributed by atoms with E-state index in [4.69, 9.17) is 0 Å². The van der Waals surface area contributed by atoms with Crippen molar-refractivity contribution in [1.29, 1.82) is 0 Å². The van der Waals surface area contributed by atoms with E-state index < -0.39 is 0 Å². The highest BCUT2D eigenvalue weighted by atomic mass is 15.2. The molecule has 1 aromatic heterocycles. The van der Waals surface area contributed by atoms with Crippen LogP contribution in [0, 0.1) is 11.8 Å². The summed E-state index contributed by atoms with van der Waals surface area (Å²) in [5.41, 5.74) is 1.53. The van der Waals surface area contributed by atoms with Crippen LogP contribution in [0.25, 0.3) is 0 Å². The Hall–Kier alpha value is -0.830. The first-order valence-electron chi connectivity index (χ1n) is 6.50. The predicted octanol–water partition coefficient (Wildman–Crippen LogP) is 2.62. The molecule has 0 spiro atoms. The molecule has 3 heteroatoms. The Kier molecular flexibility index (Phi) is 4.75. The molecule has 0 aliphatic carbocycles. The van der Waals surface area contributed by atoms with Crippen molar-refractivity contribution in [1.82, 2.24) is 15.1 Å². The molecule has 0 saturated carbocycles. The molecule has 17 heavy (non-hydrogen) atoms. The number of hydrogen-bond donors (Lipinski definition) is 1. The Bertz CT molecular complexity index is 333. The van der Waals surface area contributed by atoms with Crippen LogP contribution in [0.3, 0.4) is 0 Å². The molecule has 0 saturated heterocycles. The number of nitrogens with zero attached hydrogens (tertiary/aromatic N) is 2. The maximum absolute atomic E-state index is 4.23. The second-order valence-corrected chi connectivity index (χ2v) is 6.36. The predicted molar refractivity (Wildman–Crippen MR) is 73.0 cm³/mol. The summed E-state index contributed by atoms with van der Waals surface area (Å²) >= 11 is 0. The number of aryl methyl sites for hydroxylation is 1. The van der Waals surface area contributed by atoms with Gasteiger partial charge in [0.25, 0.3) is 0 Å². The fraction of sp³-hybridized carbons (Fsp3) is 0.786. The molecule has 0 amide bonds. The lowest BCUT2D eigenvalue weighted by molar-refractivity contribution is 0.312. The molecule has 3 nitrogen and oxygen atoms in total. The van der Waals surface area contributed by atoms with Gasteiger partial charge in [0.05, 0.1) is 6.20 Å². The second-order valence-electron chi connectivity index (χ2n) is 6.36. The summed E-state index contributed by atoms with van der Waals surface area (Å²) in [5, 5.41) is 7.84. The first kappa shape index (κ1) is 14.2. The van der Waals surface area contributed by atoms with Gasteiger partial charge in [-0.3, -0.25) is 4.68 Å². The van der Waals surface area contributed by atoms with Gasteiger partial charge in [0.2, 0.25) is 0 Å². The van der Waals surface area contributed by atoms with E-state index in [1.807, 2.05) is 17.9 Å². The Balaban J connectivity index is 2.55. The van der Waals surface area contributed by atoms with E-state index in [1.54, 1.807) is 0 Å². The summed E-state index contributed by atoms with van der Waals surface area (Å²) in [4.78, 5) is 0. The SMILES string of the molecule is CC(C)C(CNC(C)(C)C)Cc1cnn(C)c1. The average Bonchev–Trinajstić information content (AvgIpc) is 2.56. The van der Waals surface area contributed by atoms with E-state index in [9.17, 15) is 0 Å². The number of aromatic nitrogens is 2. The standard InChI is InChI=1S/C14H27N3/c1-11(2)13(9-15-14(3,4)5)7-12-8-16-17(6)10-12/h8,10-11,13,15H,7,9H2,1-6H3. The van der Waals surface area contributed by atoms with Crippen molar-refractivity contribution < 1.29 is 0 Å². The Morgan fingerprint density at radius 3 is 2.41 bits per heavy atom. The van der Waals surface area contributed by atoms with Gasteiger partial charge in [0.1, 0.15) is 0 Å². The molecule has 1 rings (SSSR count). The molecule has 98 valence electrons. The van der Waals surface area contributed by atoms with Crippen LogP contribution in [0.4, 0.5) is 0 Å². The molecule has 0 radical (unpaired) electrons. The summed E-state index contributed by atoms with van der Waals surface area (Å²) < 4.78 is 1.88. The van der Waals surface area contributed by atoms with E-state index in [-0.39, 0.29) is 5.54 Å². The molecule has 1 heterocycles. The number of nitrogens with one attached hydrogen (secondary N) is 1. The zero-order valence-corrected chi connectivity index (χ0v) is 12.1. The minimum absolute atomic E-state index is 0.197. The number of hydrogen-bond acceptors (Lipinski definition) is 2. The van der Waals surface area contributed by atoms with Gasteiger partial charge >= 0.3 is 0 Å². The lowest BCUT2D eigenvalue weighted by Gasteiger charge is -2.27. The van der Waals surface area contributed by atoms with Crippen molar-refractivity contribution in [2.45, 2.75) is 46.6 Å². The Morgan fingerprint density at radius 2 is 2.00 bits per heavy atom. The van der Waals surface area contributed by atoms with E-state index in [0.29, 0.717) is 11.8 Å². The minimum Gasteiger partial charge on any atom is -0.312 e. The lowest BCUT2D eigenvalue weighted by atomic mass is 9.89. The molecular formula is C14H27N3. The highest BCUT2D eigenvalue weighted by molar-refractivity contribution is 5.05. The molecule has 0 aromatic carbocycles. The van der Waals surface area contributed by atoms with Crippen LogP contribution < -0.4 is 5.32 Å². The molecule has 0 aliphatic rings. The van der Waals surface area contributed by atoms with Gasteiger partial charge in [-0.05, 0) is 51.1 Å². The van der Waals surface area contributed by atoms with Gasteiger partial charge in [-0.1, -0.05) is 13.8 Å². The minimum atomic E-state index is 0.197. The monoisotopic (exact) mass is 237 g/mol. The molecule has 0 aliphatic heterocycles. The van der Waals surface area contributed by atoms with Gasteiger partial charge < -0.3 is 5.32 Å². The Morgan fingerprint density at radius 1 is 1.35 bits per heavy atom. The molecule has 1 unspecified atom stereocenters. The van der Waals surface area contributed by atoms with Crippen molar-refractivity contribution in [2.24, 2.45) is 18.9 Å². The van der Waals surface area contributed by atoms with Crippen molar-refractivity contribution in [3.05, 3.63) is 18.0 Å². The topological polar surface area (TPSA) is 29.9 Å². The van der Waals surface area contributed by atoms with Gasteiger partial charge in [0.15, 0.2) is 0 Å².